The topological polar surface area (TPSA) is 35.2 Å². The summed E-state index contributed by atoms with van der Waals surface area (Å²) in [5.41, 5.74) is 6.04. The van der Waals surface area contributed by atoms with Crippen LogP contribution >= 0.6 is 0 Å². The number of hydrogen-bond acceptors (Lipinski definition) is 2. The highest BCUT2D eigenvalue weighted by Gasteiger charge is 2.34. The average Bonchev–Trinajstić information content (AvgIpc) is 2.05. The summed E-state index contributed by atoms with van der Waals surface area (Å²) in [6.07, 6.45) is 2.41. The van der Waals surface area contributed by atoms with E-state index >= 15 is 0 Å². The van der Waals surface area contributed by atoms with Crippen molar-refractivity contribution in [3.63, 3.8) is 0 Å². The van der Waals surface area contributed by atoms with Gasteiger partial charge < -0.3 is 10.5 Å². The molecule has 1 atom stereocenters. The van der Waals surface area contributed by atoms with Crippen LogP contribution < -0.4 is 5.73 Å². The van der Waals surface area contributed by atoms with Crippen molar-refractivity contribution in [1.29, 1.82) is 0 Å². The number of ether oxygens (including phenoxy) is 1. The van der Waals surface area contributed by atoms with Gasteiger partial charge in [0.1, 0.15) is 0 Å². The fourth-order valence-electron chi connectivity index (χ4n) is 1.73. The SMILES string of the molecule is CC(C)C1(CN)CCCOC1. The van der Waals surface area contributed by atoms with Gasteiger partial charge in [0.2, 0.25) is 0 Å². The lowest BCUT2D eigenvalue weighted by Gasteiger charge is -2.39. The Hall–Kier alpha value is -0.0800. The van der Waals surface area contributed by atoms with Crippen LogP contribution in [0.4, 0.5) is 0 Å². The molecule has 1 rings (SSSR count). The molecule has 0 aromatic rings. The summed E-state index contributed by atoms with van der Waals surface area (Å²) < 4.78 is 5.46. The molecule has 1 heterocycles. The first kappa shape index (κ1) is 9.01. The monoisotopic (exact) mass is 157 g/mol. The molecule has 2 heteroatoms. The van der Waals surface area contributed by atoms with Crippen molar-refractivity contribution in [1.82, 2.24) is 0 Å². The molecular formula is C9H19NO. The Balaban J connectivity index is 2.57. The standard InChI is InChI=1S/C9H19NO/c1-8(2)9(6-10)4-3-5-11-7-9/h8H,3-7,10H2,1-2H3. The van der Waals surface area contributed by atoms with E-state index in [2.05, 4.69) is 13.8 Å². The number of nitrogens with two attached hydrogens (primary N) is 1. The van der Waals surface area contributed by atoms with Gasteiger partial charge in [-0.15, -0.1) is 0 Å². The van der Waals surface area contributed by atoms with Crippen molar-refractivity contribution < 1.29 is 4.74 Å². The van der Waals surface area contributed by atoms with E-state index in [0.29, 0.717) is 5.92 Å². The van der Waals surface area contributed by atoms with Crippen LogP contribution in [-0.4, -0.2) is 19.8 Å². The largest absolute Gasteiger partial charge is 0.381 e. The van der Waals surface area contributed by atoms with E-state index in [9.17, 15) is 0 Å². The molecule has 0 spiro atoms. The molecule has 0 aromatic heterocycles. The van der Waals surface area contributed by atoms with Gasteiger partial charge in [-0.2, -0.15) is 0 Å². The molecule has 0 saturated carbocycles. The van der Waals surface area contributed by atoms with Gasteiger partial charge in [0.05, 0.1) is 6.61 Å². The van der Waals surface area contributed by atoms with Gasteiger partial charge in [0.15, 0.2) is 0 Å². The summed E-state index contributed by atoms with van der Waals surface area (Å²) in [4.78, 5) is 0. The molecule has 1 saturated heterocycles. The summed E-state index contributed by atoms with van der Waals surface area (Å²) in [7, 11) is 0. The van der Waals surface area contributed by atoms with Crippen LogP contribution in [0.3, 0.4) is 0 Å². The van der Waals surface area contributed by atoms with Crippen LogP contribution in [0.5, 0.6) is 0 Å². The summed E-state index contributed by atoms with van der Waals surface area (Å²) >= 11 is 0. The summed E-state index contributed by atoms with van der Waals surface area (Å²) in [6, 6.07) is 0. The minimum atomic E-state index is 0.276. The Kier molecular flexibility index (Phi) is 2.90. The molecule has 2 N–H and O–H groups in total. The summed E-state index contributed by atoms with van der Waals surface area (Å²) in [5, 5.41) is 0. The predicted molar refractivity (Wildman–Crippen MR) is 46.4 cm³/mol. The molecule has 2 nitrogen and oxygen atoms in total. The van der Waals surface area contributed by atoms with Crippen molar-refractivity contribution in [3.05, 3.63) is 0 Å². The highest BCUT2D eigenvalue weighted by atomic mass is 16.5. The van der Waals surface area contributed by atoms with Crippen molar-refractivity contribution in [3.8, 4) is 0 Å². The lowest BCUT2D eigenvalue weighted by molar-refractivity contribution is -0.0285. The molecule has 0 aliphatic carbocycles. The van der Waals surface area contributed by atoms with Crippen LogP contribution in [0.1, 0.15) is 26.7 Å². The molecule has 11 heavy (non-hydrogen) atoms. The molecule has 1 aliphatic heterocycles. The van der Waals surface area contributed by atoms with Crippen molar-refractivity contribution >= 4 is 0 Å². The van der Waals surface area contributed by atoms with Gasteiger partial charge >= 0.3 is 0 Å². The smallest absolute Gasteiger partial charge is 0.0536 e. The molecule has 66 valence electrons. The lowest BCUT2D eigenvalue weighted by atomic mass is 9.73. The van der Waals surface area contributed by atoms with E-state index in [0.717, 1.165) is 19.8 Å². The van der Waals surface area contributed by atoms with Gasteiger partial charge in [0.25, 0.3) is 0 Å². The van der Waals surface area contributed by atoms with Gasteiger partial charge in [-0.05, 0) is 18.8 Å². The highest BCUT2D eigenvalue weighted by Crippen LogP contribution is 2.34. The minimum absolute atomic E-state index is 0.276. The zero-order chi connectivity index (χ0) is 8.32. The summed E-state index contributed by atoms with van der Waals surface area (Å²) in [5.74, 6) is 0.646. The van der Waals surface area contributed by atoms with Crippen molar-refractivity contribution in [2.75, 3.05) is 19.8 Å². The van der Waals surface area contributed by atoms with Gasteiger partial charge in [-0.25, -0.2) is 0 Å². The fraction of sp³-hybridized carbons (Fsp3) is 1.00. The quantitative estimate of drug-likeness (QED) is 0.657. The van der Waals surface area contributed by atoms with E-state index in [4.69, 9.17) is 10.5 Å². The van der Waals surface area contributed by atoms with E-state index in [1.807, 2.05) is 0 Å². The van der Waals surface area contributed by atoms with Gasteiger partial charge in [-0.3, -0.25) is 0 Å². The average molecular weight is 157 g/mol. The first-order valence-electron chi connectivity index (χ1n) is 4.49. The fourth-order valence-corrected chi connectivity index (χ4v) is 1.73. The van der Waals surface area contributed by atoms with Crippen LogP contribution in [0.25, 0.3) is 0 Å². The second-order valence-corrected chi connectivity index (χ2v) is 3.88. The zero-order valence-electron chi connectivity index (χ0n) is 7.60. The normalized spacial score (nSPS) is 32.7. The van der Waals surface area contributed by atoms with E-state index in [1.54, 1.807) is 0 Å². The van der Waals surface area contributed by atoms with Crippen LogP contribution in [-0.2, 0) is 4.74 Å². The van der Waals surface area contributed by atoms with Crippen molar-refractivity contribution in [2.45, 2.75) is 26.7 Å². The maximum Gasteiger partial charge on any atom is 0.0536 e. The molecule has 0 radical (unpaired) electrons. The van der Waals surface area contributed by atoms with Gasteiger partial charge in [-0.1, -0.05) is 13.8 Å². The van der Waals surface area contributed by atoms with Crippen LogP contribution in [0, 0.1) is 11.3 Å². The first-order valence-corrected chi connectivity index (χ1v) is 4.49. The van der Waals surface area contributed by atoms with E-state index in [-0.39, 0.29) is 5.41 Å². The Labute approximate surface area is 69.1 Å². The van der Waals surface area contributed by atoms with E-state index in [1.165, 1.54) is 12.8 Å². The first-order chi connectivity index (χ1) is 5.21. The van der Waals surface area contributed by atoms with Gasteiger partial charge in [0, 0.05) is 18.6 Å². The third-order valence-corrected chi connectivity index (χ3v) is 2.98. The Morgan fingerprint density at radius 3 is 2.55 bits per heavy atom. The maximum atomic E-state index is 5.76. The predicted octanol–water partition coefficient (Wildman–Crippen LogP) is 1.40. The number of hydrogen-bond donors (Lipinski definition) is 1. The molecular weight excluding hydrogens is 138 g/mol. The molecule has 0 amide bonds. The maximum absolute atomic E-state index is 5.76. The molecule has 0 bridgehead atoms. The highest BCUT2D eigenvalue weighted by molar-refractivity contribution is 4.85. The third-order valence-electron chi connectivity index (χ3n) is 2.98. The Morgan fingerprint density at radius 2 is 2.27 bits per heavy atom. The Bertz CT molecular complexity index is 117. The molecule has 1 aliphatic rings. The number of rotatable bonds is 2. The minimum Gasteiger partial charge on any atom is -0.381 e. The zero-order valence-corrected chi connectivity index (χ0v) is 7.60. The van der Waals surface area contributed by atoms with E-state index < -0.39 is 0 Å². The van der Waals surface area contributed by atoms with Crippen LogP contribution in [0.2, 0.25) is 0 Å². The molecule has 1 unspecified atom stereocenters. The molecule has 1 fully saturated rings. The van der Waals surface area contributed by atoms with Crippen LogP contribution in [0.15, 0.2) is 0 Å². The third kappa shape index (κ3) is 1.74. The Morgan fingerprint density at radius 1 is 1.55 bits per heavy atom. The second-order valence-electron chi connectivity index (χ2n) is 3.88. The summed E-state index contributed by atoms with van der Waals surface area (Å²) in [6.45, 7) is 7.03. The van der Waals surface area contributed by atoms with Crippen molar-refractivity contribution in [2.24, 2.45) is 17.1 Å². The second kappa shape index (κ2) is 3.55. The lowest BCUT2D eigenvalue weighted by Crippen LogP contribution is -2.42. The molecule has 0 aromatic carbocycles.